The zero-order valence-electron chi connectivity index (χ0n) is 18.7. The minimum atomic E-state index is -3.52. The molecule has 0 spiro atoms. The minimum Gasteiger partial charge on any atom is -0.325 e. The average molecular weight is 482 g/mol. The van der Waals surface area contributed by atoms with Gasteiger partial charge >= 0.3 is 0 Å². The fourth-order valence-electron chi connectivity index (χ4n) is 3.76. The standard InChI is InChI=1S/C25H27N3O3S2/c1-18-10-11-19(2)22(16-18)27-25(29)24(20-8-4-3-5-9-20)32-23-13-12-21(17-26-23)33(30,31)28-14-6-7-15-28/h3-5,8-13,16-17,24H,6-7,14-15H2,1-2H3,(H,27,29). The summed E-state index contributed by atoms with van der Waals surface area (Å²) in [5, 5.41) is 3.09. The molecule has 0 radical (unpaired) electrons. The van der Waals surface area contributed by atoms with E-state index in [1.165, 1.54) is 22.3 Å². The molecule has 8 heteroatoms. The highest BCUT2D eigenvalue weighted by molar-refractivity contribution is 8.00. The van der Waals surface area contributed by atoms with E-state index in [2.05, 4.69) is 10.3 Å². The van der Waals surface area contributed by atoms with Crippen molar-refractivity contribution in [2.75, 3.05) is 18.4 Å². The van der Waals surface area contributed by atoms with E-state index < -0.39 is 15.3 Å². The van der Waals surface area contributed by atoms with E-state index in [4.69, 9.17) is 0 Å². The highest BCUT2D eigenvalue weighted by Gasteiger charge is 2.28. The molecule has 0 saturated carbocycles. The first-order valence-electron chi connectivity index (χ1n) is 10.9. The van der Waals surface area contributed by atoms with Gasteiger partial charge in [-0.05, 0) is 61.6 Å². The second kappa shape index (κ2) is 10.1. The van der Waals surface area contributed by atoms with Crippen LogP contribution in [0.2, 0.25) is 0 Å². The lowest BCUT2D eigenvalue weighted by Gasteiger charge is -2.18. The Balaban J connectivity index is 1.57. The Morgan fingerprint density at radius 3 is 2.42 bits per heavy atom. The molecule has 1 amide bonds. The van der Waals surface area contributed by atoms with Crippen molar-refractivity contribution in [3.63, 3.8) is 0 Å². The molecule has 3 aromatic rings. The molecular formula is C25H27N3O3S2. The van der Waals surface area contributed by atoms with Crippen molar-refractivity contribution in [2.45, 2.75) is 41.9 Å². The van der Waals surface area contributed by atoms with E-state index in [1.54, 1.807) is 12.1 Å². The summed E-state index contributed by atoms with van der Waals surface area (Å²) in [6.45, 7) is 5.04. The van der Waals surface area contributed by atoms with Crippen LogP contribution >= 0.6 is 11.8 Å². The number of carbonyl (C=O) groups excluding carboxylic acids is 1. The number of amides is 1. The SMILES string of the molecule is Cc1ccc(C)c(NC(=O)C(Sc2ccc(S(=O)(=O)N3CCCC3)cn2)c2ccccc2)c1. The number of aryl methyl sites for hydroxylation is 2. The summed E-state index contributed by atoms with van der Waals surface area (Å²) in [4.78, 5) is 17.9. The smallest absolute Gasteiger partial charge is 0.244 e. The van der Waals surface area contributed by atoms with Crippen molar-refractivity contribution in [3.8, 4) is 0 Å². The Morgan fingerprint density at radius 1 is 1.03 bits per heavy atom. The molecule has 1 unspecified atom stereocenters. The maximum Gasteiger partial charge on any atom is 0.244 e. The molecule has 2 aromatic carbocycles. The van der Waals surface area contributed by atoms with Gasteiger partial charge in [0.05, 0.1) is 5.03 Å². The topological polar surface area (TPSA) is 79.4 Å². The molecule has 0 aliphatic carbocycles. The fourth-order valence-corrected chi connectivity index (χ4v) is 6.18. The lowest BCUT2D eigenvalue weighted by molar-refractivity contribution is -0.115. The van der Waals surface area contributed by atoms with Gasteiger partial charge in [0.15, 0.2) is 0 Å². The summed E-state index contributed by atoms with van der Waals surface area (Å²) in [7, 11) is -3.52. The molecule has 172 valence electrons. The van der Waals surface area contributed by atoms with E-state index in [0.717, 1.165) is 35.2 Å². The molecular weight excluding hydrogens is 454 g/mol. The van der Waals surface area contributed by atoms with Gasteiger partial charge in [-0.15, -0.1) is 0 Å². The maximum atomic E-state index is 13.3. The average Bonchev–Trinajstić information content (AvgIpc) is 3.37. The monoisotopic (exact) mass is 481 g/mol. The second-order valence-corrected chi connectivity index (χ2v) is 11.2. The summed E-state index contributed by atoms with van der Waals surface area (Å²) in [6, 6.07) is 18.7. The Labute approximate surface area is 199 Å². The Kier molecular flexibility index (Phi) is 7.17. The molecule has 6 nitrogen and oxygen atoms in total. The number of hydrogen-bond donors (Lipinski definition) is 1. The summed E-state index contributed by atoms with van der Waals surface area (Å²) >= 11 is 1.30. The quantitative estimate of drug-likeness (QED) is 0.483. The van der Waals surface area contributed by atoms with E-state index >= 15 is 0 Å². The first kappa shape index (κ1) is 23.5. The summed E-state index contributed by atoms with van der Waals surface area (Å²) < 4.78 is 27.1. The molecule has 2 heterocycles. The van der Waals surface area contributed by atoms with Gasteiger partial charge in [0.1, 0.15) is 10.1 Å². The van der Waals surface area contributed by atoms with Gasteiger partial charge in [-0.2, -0.15) is 4.31 Å². The van der Waals surface area contributed by atoms with Crippen LogP contribution in [0.15, 0.2) is 76.8 Å². The number of aromatic nitrogens is 1. The zero-order chi connectivity index (χ0) is 23.4. The normalized spacial score (nSPS) is 15.3. The molecule has 4 rings (SSSR count). The number of nitrogens with zero attached hydrogens (tertiary/aromatic N) is 2. The number of rotatable bonds is 7. The Bertz CT molecular complexity index is 1220. The highest BCUT2D eigenvalue weighted by Crippen LogP contribution is 2.36. The van der Waals surface area contributed by atoms with Crippen LogP contribution in [0.25, 0.3) is 0 Å². The number of hydrogen-bond acceptors (Lipinski definition) is 5. The first-order chi connectivity index (χ1) is 15.8. The molecule has 1 fully saturated rings. The number of thioether (sulfide) groups is 1. The minimum absolute atomic E-state index is 0.157. The molecule has 0 bridgehead atoms. The van der Waals surface area contributed by atoms with Crippen LogP contribution < -0.4 is 5.32 Å². The van der Waals surface area contributed by atoms with Crippen molar-refractivity contribution >= 4 is 33.4 Å². The number of anilines is 1. The van der Waals surface area contributed by atoms with Crippen molar-refractivity contribution < 1.29 is 13.2 Å². The van der Waals surface area contributed by atoms with Crippen LogP contribution in [0.1, 0.15) is 34.8 Å². The van der Waals surface area contributed by atoms with E-state index in [-0.39, 0.29) is 10.8 Å². The summed E-state index contributed by atoms with van der Waals surface area (Å²) in [6.07, 6.45) is 3.16. The fraction of sp³-hybridized carbons (Fsp3) is 0.280. The van der Waals surface area contributed by atoms with Gasteiger partial charge in [0.25, 0.3) is 0 Å². The molecule has 1 aliphatic rings. The molecule has 1 N–H and O–H groups in total. The van der Waals surface area contributed by atoms with Crippen LogP contribution in [0.3, 0.4) is 0 Å². The third-order valence-electron chi connectivity index (χ3n) is 5.64. The highest BCUT2D eigenvalue weighted by atomic mass is 32.2. The largest absolute Gasteiger partial charge is 0.325 e. The predicted molar refractivity (Wildman–Crippen MR) is 132 cm³/mol. The second-order valence-electron chi connectivity index (χ2n) is 8.16. The van der Waals surface area contributed by atoms with Crippen molar-refractivity contribution in [2.24, 2.45) is 0 Å². The van der Waals surface area contributed by atoms with Gasteiger partial charge in [-0.1, -0.05) is 54.2 Å². The van der Waals surface area contributed by atoms with Crippen molar-refractivity contribution in [1.82, 2.24) is 9.29 Å². The number of benzene rings is 2. The third-order valence-corrected chi connectivity index (χ3v) is 8.73. The van der Waals surface area contributed by atoms with E-state index in [9.17, 15) is 13.2 Å². The Hall–Kier alpha value is -2.68. The zero-order valence-corrected chi connectivity index (χ0v) is 20.3. The van der Waals surface area contributed by atoms with Crippen LogP contribution in [-0.2, 0) is 14.8 Å². The van der Waals surface area contributed by atoms with Gasteiger partial charge in [-0.3, -0.25) is 4.79 Å². The third kappa shape index (κ3) is 5.46. The number of nitrogens with one attached hydrogen (secondary N) is 1. The van der Waals surface area contributed by atoms with Crippen molar-refractivity contribution in [3.05, 3.63) is 83.6 Å². The lowest BCUT2D eigenvalue weighted by Crippen LogP contribution is -2.27. The van der Waals surface area contributed by atoms with Crippen LogP contribution in [-0.4, -0.2) is 36.7 Å². The molecule has 1 aromatic heterocycles. The number of sulfonamides is 1. The number of pyridine rings is 1. The van der Waals surface area contributed by atoms with Gasteiger partial charge in [-0.25, -0.2) is 13.4 Å². The van der Waals surface area contributed by atoms with Gasteiger partial charge in [0, 0.05) is 25.0 Å². The van der Waals surface area contributed by atoms with Gasteiger partial charge < -0.3 is 5.32 Å². The predicted octanol–water partition coefficient (Wildman–Crippen LogP) is 4.96. The maximum absolute atomic E-state index is 13.3. The van der Waals surface area contributed by atoms with Crippen molar-refractivity contribution in [1.29, 1.82) is 0 Å². The van der Waals surface area contributed by atoms with E-state index in [1.807, 2.05) is 62.4 Å². The van der Waals surface area contributed by atoms with Crippen LogP contribution in [0, 0.1) is 13.8 Å². The van der Waals surface area contributed by atoms with Gasteiger partial charge in [0.2, 0.25) is 15.9 Å². The molecule has 1 saturated heterocycles. The lowest BCUT2D eigenvalue weighted by atomic mass is 10.1. The van der Waals surface area contributed by atoms with Crippen LogP contribution in [0.4, 0.5) is 5.69 Å². The molecule has 1 aliphatic heterocycles. The summed E-state index contributed by atoms with van der Waals surface area (Å²) in [5.41, 5.74) is 3.68. The summed E-state index contributed by atoms with van der Waals surface area (Å²) in [5.74, 6) is -0.157. The Morgan fingerprint density at radius 2 is 1.76 bits per heavy atom. The first-order valence-corrected chi connectivity index (χ1v) is 13.2. The van der Waals surface area contributed by atoms with E-state index in [0.29, 0.717) is 18.1 Å². The number of carbonyl (C=O) groups is 1. The van der Waals surface area contributed by atoms with Crippen LogP contribution in [0.5, 0.6) is 0 Å². The molecule has 33 heavy (non-hydrogen) atoms. The molecule has 1 atom stereocenters.